The molecule has 0 amide bonds. The summed E-state index contributed by atoms with van der Waals surface area (Å²) in [4.78, 5) is 15.0. The lowest BCUT2D eigenvalue weighted by molar-refractivity contribution is -0.142. The quantitative estimate of drug-likeness (QED) is 0.774. The highest BCUT2D eigenvalue weighted by atomic mass is 19.3. The Balaban J connectivity index is 3.13. The van der Waals surface area contributed by atoms with Crippen molar-refractivity contribution in [1.29, 1.82) is 0 Å². The minimum Gasteiger partial charge on any atom is -0.466 e. The molecule has 0 aromatic carbocycles. The maximum Gasteiger partial charge on any atom is 0.310 e. The number of nitrogens with two attached hydrogens (primary N) is 2. The largest absolute Gasteiger partial charge is 0.466 e. The third kappa shape index (κ3) is 3.13. The molecule has 1 heterocycles. The van der Waals surface area contributed by atoms with Crippen LogP contribution in [0.1, 0.15) is 30.0 Å². The zero-order chi connectivity index (χ0) is 13.7. The summed E-state index contributed by atoms with van der Waals surface area (Å²) in [5.41, 5.74) is 10.9. The topological polar surface area (TPSA) is 91.2 Å². The van der Waals surface area contributed by atoms with Gasteiger partial charge in [-0.15, -0.1) is 0 Å². The first-order valence-corrected chi connectivity index (χ1v) is 5.41. The molecule has 7 heteroatoms. The number of nitrogens with zero attached hydrogens (tertiary/aromatic N) is 1. The summed E-state index contributed by atoms with van der Waals surface area (Å²) in [5, 5.41) is 0. The maximum atomic E-state index is 12.8. The fourth-order valence-electron chi connectivity index (χ4n) is 1.63. The van der Waals surface area contributed by atoms with E-state index in [1.54, 1.807) is 6.92 Å². The van der Waals surface area contributed by atoms with Crippen molar-refractivity contribution in [3.05, 3.63) is 22.9 Å². The molecule has 18 heavy (non-hydrogen) atoms. The van der Waals surface area contributed by atoms with Gasteiger partial charge in [0.2, 0.25) is 0 Å². The van der Waals surface area contributed by atoms with Crippen LogP contribution in [0.15, 0.2) is 6.20 Å². The van der Waals surface area contributed by atoms with Gasteiger partial charge in [0.25, 0.3) is 6.43 Å². The minimum atomic E-state index is -2.78. The molecule has 0 aliphatic heterocycles. The number of hydrogen-bond donors (Lipinski definition) is 2. The van der Waals surface area contributed by atoms with Crippen LogP contribution in [0, 0.1) is 0 Å². The first kappa shape index (κ1) is 14.3. The molecule has 0 radical (unpaired) electrons. The second kappa shape index (κ2) is 6.25. The van der Waals surface area contributed by atoms with Crippen molar-refractivity contribution in [3.63, 3.8) is 0 Å². The molecule has 1 aromatic heterocycles. The standard InChI is InChI=1S/C11H15F2N3O2/c1-2-18-8(17)3-6-5-16-11(15)9(10(12)13)7(6)4-14/h5,10H,2-4,14H2,1H3,(H2,15,16). The van der Waals surface area contributed by atoms with Gasteiger partial charge in [0.1, 0.15) is 5.82 Å². The highest BCUT2D eigenvalue weighted by Gasteiger charge is 2.21. The SMILES string of the molecule is CCOC(=O)Cc1cnc(N)c(C(F)F)c1CN. The number of carbonyl (C=O) groups is 1. The van der Waals surface area contributed by atoms with E-state index in [9.17, 15) is 13.6 Å². The Morgan fingerprint density at radius 2 is 2.22 bits per heavy atom. The predicted octanol–water partition coefficient (Wildman–Crippen LogP) is 1.17. The highest BCUT2D eigenvalue weighted by Crippen LogP contribution is 2.29. The molecule has 0 saturated carbocycles. The van der Waals surface area contributed by atoms with Crippen molar-refractivity contribution in [3.8, 4) is 0 Å². The number of esters is 1. The average Bonchev–Trinajstić information content (AvgIpc) is 2.30. The minimum absolute atomic E-state index is 0.138. The number of carbonyl (C=O) groups excluding carboxylic acids is 1. The van der Waals surface area contributed by atoms with Crippen molar-refractivity contribution in [2.24, 2.45) is 5.73 Å². The van der Waals surface area contributed by atoms with Gasteiger partial charge in [-0.25, -0.2) is 13.8 Å². The van der Waals surface area contributed by atoms with E-state index in [-0.39, 0.29) is 31.0 Å². The number of nitrogen functional groups attached to an aromatic ring is 1. The number of alkyl halides is 2. The Bertz CT molecular complexity index is 439. The molecule has 0 aliphatic carbocycles. The smallest absolute Gasteiger partial charge is 0.310 e. The van der Waals surface area contributed by atoms with Gasteiger partial charge in [0.05, 0.1) is 18.6 Å². The first-order valence-electron chi connectivity index (χ1n) is 5.41. The van der Waals surface area contributed by atoms with Crippen molar-refractivity contribution in [1.82, 2.24) is 4.98 Å². The summed E-state index contributed by atoms with van der Waals surface area (Å²) in [6.45, 7) is 1.75. The Kier molecular flexibility index (Phi) is 4.96. The van der Waals surface area contributed by atoms with Gasteiger partial charge in [-0.1, -0.05) is 0 Å². The average molecular weight is 259 g/mol. The molecule has 0 atom stereocenters. The van der Waals surface area contributed by atoms with Crippen LogP contribution in [-0.4, -0.2) is 17.6 Å². The van der Waals surface area contributed by atoms with Crippen LogP contribution in [-0.2, 0) is 22.5 Å². The lowest BCUT2D eigenvalue weighted by Crippen LogP contribution is -2.15. The fourth-order valence-corrected chi connectivity index (χ4v) is 1.63. The number of anilines is 1. The van der Waals surface area contributed by atoms with E-state index in [1.807, 2.05) is 0 Å². The van der Waals surface area contributed by atoms with Crippen molar-refractivity contribution in [2.75, 3.05) is 12.3 Å². The maximum absolute atomic E-state index is 12.8. The van der Waals surface area contributed by atoms with Crippen LogP contribution in [0.4, 0.5) is 14.6 Å². The van der Waals surface area contributed by atoms with Crippen LogP contribution in [0.3, 0.4) is 0 Å². The Morgan fingerprint density at radius 1 is 1.56 bits per heavy atom. The van der Waals surface area contributed by atoms with E-state index >= 15 is 0 Å². The molecule has 0 spiro atoms. The summed E-state index contributed by atoms with van der Waals surface area (Å²) in [5.74, 6) is -0.781. The second-order valence-electron chi connectivity index (χ2n) is 3.55. The number of hydrogen-bond acceptors (Lipinski definition) is 5. The summed E-state index contributed by atoms with van der Waals surface area (Å²) < 4.78 is 30.4. The molecule has 4 N–H and O–H groups in total. The van der Waals surface area contributed by atoms with E-state index in [0.717, 1.165) is 0 Å². The molecule has 0 bridgehead atoms. The summed E-state index contributed by atoms with van der Waals surface area (Å²) in [7, 11) is 0. The van der Waals surface area contributed by atoms with Gasteiger partial charge in [-0.05, 0) is 18.1 Å². The zero-order valence-electron chi connectivity index (χ0n) is 9.95. The lowest BCUT2D eigenvalue weighted by atomic mass is 10.0. The second-order valence-corrected chi connectivity index (χ2v) is 3.55. The Hall–Kier alpha value is -1.76. The van der Waals surface area contributed by atoms with Crippen LogP contribution in [0.5, 0.6) is 0 Å². The van der Waals surface area contributed by atoms with Gasteiger partial charge in [-0.3, -0.25) is 4.79 Å². The van der Waals surface area contributed by atoms with Gasteiger partial charge in [0.15, 0.2) is 0 Å². The van der Waals surface area contributed by atoms with Crippen molar-refractivity contribution < 1.29 is 18.3 Å². The van der Waals surface area contributed by atoms with Gasteiger partial charge < -0.3 is 16.2 Å². The number of ether oxygens (including phenoxy) is 1. The number of halogens is 2. The van der Waals surface area contributed by atoms with E-state index in [1.165, 1.54) is 6.20 Å². The Morgan fingerprint density at radius 3 is 2.72 bits per heavy atom. The van der Waals surface area contributed by atoms with Gasteiger partial charge in [0, 0.05) is 12.7 Å². The fraction of sp³-hybridized carbons (Fsp3) is 0.455. The number of rotatable bonds is 5. The summed E-state index contributed by atoms with van der Waals surface area (Å²) >= 11 is 0. The van der Waals surface area contributed by atoms with E-state index in [2.05, 4.69) is 4.98 Å². The third-order valence-electron chi connectivity index (χ3n) is 2.41. The van der Waals surface area contributed by atoms with E-state index < -0.39 is 18.0 Å². The third-order valence-corrected chi connectivity index (χ3v) is 2.41. The Labute approximate surface area is 103 Å². The van der Waals surface area contributed by atoms with Gasteiger partial charge >= 0.3 is 5.97 Å². The lowest BCUT2D eigenvalue weighted by Gasteiger charge is -2.14. The molecule has 5 nitrogen and oxygen atoms in total. The van der Waals surface area contributed by atoms with Gasteiger partial charge in [-0.2, -0.15) is 0 Å². The van der Waals surface area contributed by atoms with E-state index in [4.69, 9.17) is 16.2 Å². The molecule has 100 valence electrons. The van der Waals surface area contributed by atoms with Crippen molar-refractivity contribution in [2.45, 2.75) is 26.3 Å². The van der Waals surface area contributed by atoms with Crippen LogP contribution in [0.2, 0.25) is 0 Å². The van der Waals surface area contributed by atoms with Crippen molar-refractivity contribution >= 4 is 11.8 Å². The monoisotopic (exact) mass is 259 g/mol. The molecule has 1 rings (SSSR count). The predicted molar refractivity (Wildman–Crippen MR) is 61.8 cm³/mol. The molecule has 0 unspecified atom stereocenters. The summed E-state index contributed by atoms with van der Waals surface area (Å²) in [6.07, 6.45) is -1.65. The first-order chi connectivity index (χ1) is 8.51. The van der Waals surface area contributed by atoms with Crippen LogP contribution >= 0.6 is 0 Å². The number of pyridine rings is 1. The molecule has 1 aromatic rings. The summed E-state index contributed by atoms with van der Waals surface area (Å²) in [6, 6.07) is 0. The molecular weight excluding hydrogens is 244 g/mol. The zero-order valence-corrected chi connectivity index (χ0v) is 9.95. The number of aromatic nitrogens is 1. The molecular formula is C11H15F2N3O2. The highest BCUT2D eigenvalue weighted by molar-refractivity contribution is 5.73. The molecule has 0 fully saturated rings. The normalized spacial score (nSPS) is 10.7. The molecule has 0 aliphatic rings. The van der Waals surface area contributed by atoms with Crippen LogP contribution < -0.4 is 11.5 Å². The van der Waals surface area contributed by atoms with Crippen LogP contribution in [0.25, 0.3) is 0 Å². The molecule has 0 saturated heterocycles. The van der Waals surface area contributed by atoms with E-state index in [0.29, 0.717) is 5.56 Å².